The van der Waals surface area contributed by atoms with Gasteiger partial charge in [0.1, 0.15) is 6.04 Å². The number of thiazole rings is 1. The van der Waals surface area contributed by atoms with Gasteiger partial charge in [0.15, 0.2) is 11.4 Å². The van der Waals surface area contributed by atoms with Crippen LogP contribution < -0.4 is 10.6 Å². The summed E-state index contributed by atoms with van der Waals surface area (Å²) in [5.74, 6) is -0.318. The van der Waals surface area contributed by atoms with Gasteiger partial charge in [-0.1, -0.05) is 51.1 Å². The van der Waals surface area contributed by atoms with Gasteiger partial charge in [-0.15, -0.1) is 11.3 Å². The number of carbonyl (C=O) groups excluding carboxylic acids is 3. The van der Waals surface area contributed by atoms with Crippen molar-refractivity contribution in [3.05, 3.63) is 47.5 Å². The van der Waals surface area contributed by atoms with Crippen molar-refractivity contribution < 1.29 is 24.0 Å². The Hall–Kier alpha value is -2.82. The zero-order valence-corrected chi connectivity index (χ0v) is 26.1. The fourth-order valence-electron chi connectivity index (χ4n) is 6.05. The number of carbonyl (C=O) groups is 3. The first kappa shape index (κ1) is 32.1. The topological polar surface area (TPSA) is 110 Å². The van der Waals surface area contributed by atoms with Crippen LogP contribution in [0.25, 0.3) is 0 Å². The predicted octanol–water partition coefficient (Wildman–Crippen LogP) is 5.90. The van der Waals surface area contributed by atoms with Crippen LogP contribution in [0.4, 0.5) is 5.13 Å². The van der Waals surface area contributed by atoms with E-state index < -0.39 is 29.7 Å². The molecule has 4 rings (SSSR count). The van der Waals surface area contributed by atoms with E-state index in [0.29, 0.717) is 42.8 Å². The lowest BCUT2D eigenvalue weighted by Crippen LogP contribution is -2.55. The summed E-state index contributed by atoms with van der Waals surface area (Å²) in [4.78, 5) is 49.8. The predicted molar refractivity (Wildman–Crippen MR) is 163 cm³/mol. The first-order valence-corrected chi connectivity index (χ1v) is 16.1. The van der Waals surface area contributed by atoms with Crippen LogP contribution in [0.15, 0.2) is 41.9 Å². The molecule has 2 heterocycles. The van der Waals surface area contributed by atoms with Gasteiger partial charge in [0, 0.05) is 24.6 Å². The Morgan fingerprint density at radius 1 is 1.12 bits per heavy atom. The van der Waals surface area contributed by atoms with Crippen molar-refractivity contribution in [3.8, 4) is 0 Å². The maximum absolute atomic E-state index is 14.1. The van der Waals surface area contributed by atoms with Gasteiger partial charge in [0.05, 0.1) is 12.0 Å². The number of hydroxylamine groups is 2. The summed E-state index contributed by atoms with van der Waals surface area (Å²) >= 11 is 1.32. The summed E-state index contributed by atoms with van der Waals surface area (Å²) in [7, 11) is 0. The van der Waals surface area contributed by atoms with E-state index in [1.54, 1.807) is 11.6 Å². The number of amides is 3. The van der Waals surface area contributed by atoms with Crippen molar-refractivity contribution in [2.75, 3.05) is 11.9 Å². The molecule has 10 heteroatoms. The van der Waals surface area contributed by atoms with E-state index in [9.17, 15) is 14.4 Å². The van der Waals surface area contributed by atoms with Crippen LogP contribution in [0.2, 0.25) is 0 Å². The number of hydrogen-bond donors (Lipinski definition) is 2. The molecule has 230 valence electrons. The Bertz CT molecular complexity index is 1130. The van der Waals surface area contributed by atoms with Gasteiger partial charge in [-0.2, -0.15) is 0 Å². The number of hydrogen-bond acceptors (Lipinski definition) is 7. The highest BCUT2D eigenvalue weighted by atomic mass is 32.1. The van der Waals surface area contributed by atoms with E-state index in [-0.39, 0.29) is 11.8 Å². The molecule has 1 saturated carbocycles. The van der Waals surface area contributed by atoms with E-state index >= 15 is 0 Å². The lowest BCUT2D eigenvalue weighted by molar-refractivity contribution is -0.287. The van der Waals surface area contributed by atoms with Crippen molar-refractivity contribution >= 4 is 34.7 Å². The molecule has 2 aliphatic rings. The van der Waals surface area contributed by atoms with Crippen molar-refractivity contribution in [2.24, 2.45) is 17.3 Å². The highest BCUT2D eigenvalue weighted by Gasteiger charge is 2.39. The highest BCUT2D eigenvalue weighted by Crippen LogP contribution is 2.39. The zero-order valence-electron chi connectivity index (χ0n) is 25.3. The van der Waals surface area contributed by atoms with Gasteiger partial charge in [-0.05, 0) is 74.7 Å². The minimum Gasteiger partial charge on any atom is -0.350 e. The summed E-state index contributed by atoms with van der Waals surface area (Å²) in [6, 6.07) is 9.25. The zero-order chi connectivity index (χ0) is 30.1. The third kappa shape index (κ3) is 8.84. The van der Waals surface area contributed by atoms with Gasteiger partial charge in [0.2, 0.25) is 18.2 Å². The Balaban J connectivity index is 1.49. The number of nitrogens with one attached hydrogen (secondary N) is 2. The maximum Gasteiger partial charge on any atom is 0.249 e. The molecule has 1 aromatic heterocycles. The number of aromatic nitrogens is 1. The molecule has 3 amide bonds. The minimum atomic E-state index is -0.801. The van der Waals surface area contributed by atoms with Gasteiger partial charge in [-0.3, -0.25) is 14.4 Å². The Morgan fingerprint density at radius 3 is 2.45 bits per heavy atom. The van der Waals surface area contributed by atoms with Crippen molar-refractivity contribution in [1.82, 2.24) is 15.4 Å². The fraction of sp³-hybridized carbons (Fsp3) is 0.625. The molecule has 42 heavy (non-hydrogen) atoms. The summed E-state index contributed by atoms with van der Waals surface area (Å²) in [6.07, 6.45) is 9.08. The molecule has 1 saturated heterocycles. The molecule has 1 aliphatic carbocycles. The first-order chi connectivity index (χ1) is 20.2. The van der Waals surface area contributed by atoms with Gasteiger partial charge in [-0.25, -0.2) is 14.9 Å². The minimum absolute atomic E-state index is 0.262. The second kappa shape index (κ2) is 15.1. The van der Waals surface area contributed by atoms with E-state index in [1.807, 2.05) is 33.8 Å². The van der Waals surface area contributed by atoms with Crippen molar-refractivity contribution in [1.29, 1.82) is 0 Å². The van der Waals surface area contributed by atoms with Crippen LogP contribution in [0.1, 0.15) is 90.5 Å². The molecule has 4 atom stereocenters. The average Bonchev–Trinajstić information content (AvgIpc) is 3.50. The Kier molecular flexibility index (Phi) is 11.5. The maximum atomic E-state index is 14.1. The van der Waals surface area contributed by atoms with Crippen molar-refractivity contribution in [2.45, 2.75) is 103 Å². The molecule has 0 bridgehead atoms. The fourth-order valence-corrected chi connectivity index (χ4v) is 6.58. The summed E-state index contributed by atoms with van der Waals surface area (Å²) < 4.78 is 5.71. The largest absolute Gasteiger partial charge is 0.350 e. The normalized spacial score (nSPS) is 23.3. The van der Waals surface area contributed by atoms with Crippen LogP contribution in [0, 0.1) is 17.3 Å². The smallest absolute Gasteiger partial charge is 0.249 e. The summed E-state index contributed by atoms with van der Waals surface area (Å²) in [6.45, 7) is 8.19. The van der Waals surface area contributed by atoms with Gasteiger partial charge >= 0.3 is 0 Å². The molecule has 2 fully saturated rings. The monoisotopic (exact) mass is 598 g/mol. The highest BCUT2D eigenvalue weighted by molar-refractivity contribution is 7.13. The summed E-state index contributed by atoms with van der Waals surface area (Å²) in [5.41, 5.74) is 0.806. The molecule has 1 aliphatic heterocycles. The standard InChI is InChI=1S/C32H46N4O5S/c1-22(36(21-37)41-27-12-8-9-18-40-27)26(20-23-13-15-25(16-14-23)24-10-6-5-7-11-24)29(38)34-28(32(2,3)4)30(39)35-31-33-17-19-42-31/h5-7,10-11,17,19,21-23,25-28H,8-9,12-16,18,20H2,1-4H3,(H,34,38)(H,33,35,39)/t22-,23?,25?,26+,27?,28+/m0/s1. The number of nitrogens with zero attached hydrogens (tertiary/aromatic N) is 2. The molecular formula is C32H46N4O5S. The molecule has 0 radical (unpaired) electrons. The number of ether oxygens (including phenoxy) is 1. The second-order valence-corrected chi connectivity index (χ2v) is 13.6. The van der Waals surface area contributed by atoms with Crippen LogP contribution in [0.3, 0.4) is 0 Å². The summed E-state index contributed by atoms with van der Waals surface area (Å²) in [5, 5.41) is 9.41. The molecule has 2 aromatic rings. The first-order valence-electron chi connectivity index (χ1n) is 15.2. The quantitative estimate of drug-likeness (QED) is 0.233. The Morgan fingerprint density at radius 2 is 1.86 bits per heavy atom. The van der Waals surface area contributed by atoms with E-state index in [1.165, 1.54) is 22.0 Å². The number of rotatable bonds is 12. The van der Waals surface area contributed by atoms with E-state index in [4.69, 9.17) is 9.57 Å². The van der Waals surface area contributed by atoms with Gasteiger partial charge in [0.25, 0.3) is 0 Å². The number of benzene rings is 1. The Labute approximate surface area is 253 Å². The lowest BCUT2D eigenvalue weighted by Gasteiger charge is -2.38. The van der Waals surface area contributed by atoms with Gasteiger partial charge < -0.3 is 15.4 Å². The van der Waals surface area contributed by atoms with Crippen molar-refractivity contribution in [3.63, 3.8) is 0 Å². The number of anilines is 1. The average molecular weight is 599 g/mol. The van der Waals surface area contributed by atoms with E-state index in [2.05, 4.69) is 39.9 Å². The molecule has 1 aromatic carbocycles. The second-order valence-electron chi connectivity index (χ2n) is 12.7. The molecule has 9 nitrogen and oxygen atoms in total. The SMILES string of the molecule is C[C@@H]([C@@H](CC1CCC(c2ccccc2)CC1)C(=O)N[C@H](C(=O)Nc1nccs1)C(C)(C)C)N(C=O)OC1CCCCO1. The van der Waals surface area contributed by atoms with Crippen LogP contribution in [0.5, 0.6) is 0 Å². The van der Waals surface area contributed by atoms with Crippen LogP contribution >= 0.6 is 11.3 Å². The molecular weight excluding hydrogens is 552 g/mol. The third-order valence-electron chi connectivity index (χ3n) is 8.58. The molecule has 0 spiro atoms. The van der Waals surface area contributed by atoms with E-state index in [0.717, 1.165) is 38.5 Å². The third-order valence-corrected chi connectivity index (χ3v) is 9.27. The molecule has 2 N–H and O–H groups in total. The van der Waals surface area contributed by atoms with Crippen LogP contribution in [-0.2, 0) is 24.0 Å². The molecule has 1 unspecified atom stereocenters. The van der Waals surface area contributed by atoms with Crippen LogP contribution in [-0.4, -0.2) is 53.3 Å². The lowest BCUT2D eigenvalue weighted by atomic mass is 9.74.